The second-order valence-corrected chi connectivity index (χ2v) is 5.37. The third-order valence-electron chi connectivity index (χ3n) is 1.16. The maximum Gasteiger partial charge on any atom is 0.150 e. The zero-order chi connectivity index (χ0) is 8.91. The molecule has 1 atom stereocenters. The SMILES string of the molecule is CS(=O)[O-].O=S1(=O)CCCC1. The third-order valence-corrected chi connectivity index (χ3v) is 2.98. The van der Waals surface area contributed by atoms with Crippen LogP contribution in [0.15, 0.2) is 0 Å². The van der Waals surface area contributed by atoms with Crippen molar-refractivity contribution in [2.45, 2.75) is 12.8 Å². The average Bonchev–Trinajstić information content (AvgIpc) is 2.11. The molecule has 1 saturated heterocycles. The highest BCUT2D eigenvalue weighted by Crippen LogP contribution is 2.08. The zero-order valence-electron chi connectivity index (χ0n) is 6.28. The Morgan fingerprint density at radius 3 is 1.64 bits per heavy atom. The lowest BCUT2D eigenvalue weighted by Gasteiger charge is -1.85. The Bertz CT molecular complexity index is 203. The van der Waals surface area contributed by atoms with E-state index >= 15 is 0 Å². The molecule has 11 heavy (non-hydrogen) atoms. The quantitative estimate of drug-likeness (QED) is 0.502. The van der Waals surface area contributed by atoms with Crippen molar-refractivity contribution in [1.82, 2.24) is 0 Å². The fraction of sp³-hybridized carbons (Fsp3) is 1.00. The summed E-state index contributed by atoms with van der Waals surface area (Å²) >= 11 is -1.86. The first-order valence-corrected chi connectivity index (χ1v) is 6.46. The fourth-order valence-corrected chi connectivity index (χ4v) is 2.24. The van der Waals surface area contributed by atoms with Crippen molar-refractivity contribution < 1.29 is 17.2 Å². The fourth-order valence-electron chi connectivity index (χ4n) is 0.746. The predicted octanol–water partition coefficient (Wildman–Crippen LogP) is -0.310. The van der Waals surface area contributed by atoms with Crippen LogP contribution < -0.4 is 0 Å². The molecular formula is C5H11O4S2-. The van der Waals surface area contributed by atoms with Crippen LogP contribution in [0, 0.1) is 0 Å². The van der Waals surface area contributed by atoms with Crippen LogP contribution >= 0.6 is 0 Å². The van der Waals surface area contributed by atoms with Crippen molar-refractivity contribution in [3.05, 3.63) is 0 Å². The summed E-state index contributed by atoms with van der Waals surface area (Å²) in [6.07, 6.45) is 2.84. The Hall–Kier alpha value is 0.0600. The van der Waals surface area contributed by atoms with Gasteiger partial charge in [0.25, 0.3) is 0 Å². The van der Waals surface area contributed by atoms with Gasteiger partial charge in [0.1, 0.15) is 9.84 Å². The second kappa shape index (κ2) is 4.84. The molecule has 0 aromatic rings. The van der Waals surface area contributed by atoms with Crippen LogP contribution in [0.1, 0.15) is 12.8 Å². The summed E-state index contributed by atoms with van der Waals surface area (Å²) in [5.74, 6) is 0.847. The zero-order valence-corrected chi connectivity index (χ0v) is 7.91. The highest BCUT2D eigenvalue weighted by molar-refractivity contribution is 7.91. The van der Waals surface area contributed by atoms with Crippen LogP contribution in [-0.4, -0.2) is 34.9 Å². The van der Waals surface area contributed by atoms with Crippen molar-refractivity contribution in [3.63, 3.8) is 0 Å². The van der Waals surface area contributed by atoms with Gasteiger partial charge in [-0.15, -0.1) is 0 Å². The third kappa shape index (κ3) is 7.96. The molecule has 0 bridgehead atoms. The first-order chi connectivity index (χ1) is 4.94. The highest BCUT2D eigenvalue weighted by Gasteiger charge is 2.16. The van der Waals surface area contributed by atoms with Crippen molar-refractivity contribution in [2.24, 2.45) is 0 Å². The van der Waals surface area contributed by atoms with Gasteiger partial charge in [0, 0.05) is 0 Å². The topological polar surface area (TPSA) is 74.3 Å². The Labute approximate surface area is 69.2 Å². The van der Waals surface area contributed by atoms with Gasteiger partial charge < -0.3 is 4.55 Å². The lowest BCUT2D eigenvalue weighted by atomic mass is 10.4. The molecule has 0 spiro atoms. The van der Waals surface area contributed by atoms with Gasteiger partial charge in [-0.3, -0.25) is 4.21 Å². The maximum absolute atomic E-state index is 10.4. The summed E-state index contributed by atoms with van der Waals surface area (Å²) in [6.45, 7) is 0. The smallest absolute Gasteiger partial charge is 0.150 e. The Morgan fingerprint density at radius 2 is 1.55 bits per heavy atom. The van der Waals surface area contributed by atoms with Crippen LogP contribution in [0.3, 0.4) is 0 Å². The normalized spacial score (nSPS) is 23.5. The van der Waals surface area contributed by atoms with Crippen molar-refractivity contribution in [2.75, 3.05) is 17.8 Å². The van der Waals surface area contributed by atoms with E-state index in [2.05, 4.69) is 0 Å². The van der Waals surface area contributed by atoms with Crippen LogP contribution in [-0.2, 0) is 20.9 Å². The van der Waals surface area contributed by atoms with Crippen molar-refractivity contribution in [1.29, 1.82) is 0 Å². The van der Waals surface area contributed by atoms with Gasteiger partial charge in [0.2, 0.25) is 0 Å². The summed E-state index contributed by atoms with van der Waals surface area (Å²) in [6, 6.07) is 0. The minimum Gasteiger partial charge on any atom is -0.773 e. The van der Waals surface area contributed by atoms with E-state index in [1.54, 1.807) is 0 Å². The number of rotatable bonds is 0. The molecule has 1 aliphatic heterocycles. The van der Waals surface area contributed by atoms with Crippen LogP contribution in [0.4, 0.5) is 0 Å². The summed E-state index contributed by atoms with van der Waals surface area (Å²) in [7, 11) is -2.55. The van der Waals surface area contributed by atoms with Gasteiger partial charge in [-0.05, 0) is 19.1 Å². The molecule has 0 radical (unpaired) electrons. The molecule has 1 rings (SSSR count). The first kappa shape index (κ1) is 11.1. The molecule has 1 heterocycles. The molecule has 1 fully saturated rings. The maximum atomic E-state index is 10.4. The van der Waals surface area contributed by atoms with E-state index in [1.165, 1.54) is 0 Å². The lowest BCUT2D eigenvalue weighted by molar-refractivity contribution is 0.543. The molecular weight excluding hydrogens is 188 g/mol. The summed E-state index contributed by atoms with van der Waals surface area (Å²) in [5, 5.41) is 0. The minimum absolute atomic E-state index is 0.424. The molecule has 4 nitrogen and oxygen atoms in total. The van der Waals surface area contributed by atoms with Crippen molar-refractivity contribution in [3.8, 4) is 0 Å². The summed E-state index contributed by atoms with van der Waals surface area (Å²) in [4.78, 5) is 0. The minimum atomic E-state index is -2.55. The van der Waals surface area contributed by atoms with Gasteiger partial charge in [-0.25, -0.2) is 8.42 Å². The van der Waals surface area contributed by atoms with E-state index in [9.17, 15) is 8.42 Å². The largest absolute Gasteiger partial charge is 0.773 e. The van der Waals surface area contributed by atoms with E-state index in [-0.39, 0.29) is 0 Å². The van der Waals surface area contributed by atoms with Crippen LogP contribution in [0.2, 0.25) is 0 Å². The van der Waals surface area contributed by atoms with Crippen LogP contribution in [0.5, 0.6) is 0 Å². The van der Waals surface area contributed by atoms with Gasteiger partial charge in [0.05, 0.1) is 11.5 Å². The molecule has 0 amide bonds. The Morgan fingerprint density at radius 1 is 1.27 bits per heavy atom. The first-order valence-electron chi connectivity index (χ1n) is 3.15. The van der Waals surface area contributed by atoms with E-state index in [4.69, 9.17) is 8.76 Å². The Balaban J connectivity index is 0.000000218. The second-order valence-electron chi connectivity index (χ2n) is 2.26. The summed E-state index contributed by atoms with van der Waals surface area (Å²) < 4.78 is 38.9. The van der Waals surface area contributed by atoms with E-state index in [0.717, 1.165) is 19.1 Å². The van der Waals surface area contributed by atoms with Gasteiger partial charge >= 0.3 is 0 Å². The average molecular weight is 199 g/mol. The van der Waals surface area contributed by atoms with Crippen LogP contribution in [0.25, 0.3) is 0 Å². The lowest BCUT2D eigenvalue weighted by Crippen LogP contribution is -1.98. The molecule has 0 aromatic heterocycles. The molecule has 68 valence electrons. The molecule has 1 unspecified atom stereocenters. The number of hydrogen-bond donors (Lipinski definition) is 0. The monoisotopic (exact) mass is 199 g/mol. The van der Waals surface area contributed by atoms with Gasteiger partial charge in [0.15, 0.2) is 0 Å². The molecule has 0 aliphatic carbocycles. The molecule has 1 aliphatic rings. The van der Waals surface area contributed by atoms with E-state index in [1.807, 2.05) is 0 Å². The molecule has 0 saturated carbocycles. The van der Waals surface area contributed by atoms with Crippen molar-refractivity contribution >= 4 is 20.9 Å². The predicted molar refractivity (Wildman–Crippen MR) is 42.7 cm³/mol. The van der Waals surface area contributed by atoms with E-state index < -0.39 is 20.9 Å². The number of sulfone groups is 1. The highest BCUT2D eigenvalue weighted by atomic mass is 32.2. The number of hydrogen-bond acceptors (Lipinski definition) is 4. The Kier molecular flexibility index (Phi) is 4.87. The van der Waals surface area contributed by atoms with Gasteiger partial charge in [-0.1, -0.05) is 11.1 Å². The summed E-state index contributed by atoms with van der Waals surface area (Å²) in [5.41, 5.74) is 0. The molecule has 0 N–H and O–H groups in total. The van der Waals surface area contributed by atoms with E-state index in [0.29, 0.717) is 11.5 Å². The molecule has 6 heteroatoms. The van der Waals surface area contributed by atoms with Gasteiger partial charge in [-0.2, -0.15) is 0 Å². The molecule has 0 aromatic carbocycles. The standard InChI is InChI=1S/C4H8O2S.CH4O2S/c5-7(6)3-1-2-4-7;1-4(2)3/h1-4H2;1H3,(H,2,3)/p-1.